The monoisotopic (exact) mass is 321 g/mol. The number of carbonyl (C=O) groups is 2. The van der Waals surface area contributed by atoms with Crippen molar-refractivity contribution in [3.05, 3.63) is 35.1 Å². The van der Waals surface area contributed by atoms with Crippen LogP contribution in [0.5, 0.6) is 0 Å². The topological polar surface area (TPSA) is 66.4 Å². The van der Waals surface area contributed by atoms with Gasteiger partial charge >= 0.3 is 12.1 Å². The SMILES string of the molecule is CC(C)CC(NC(=O)c1cccc(C(F)(F)F)c1F)C(=O)O. The molecule has 0 spiro atoms. The Morgan fingerprint density at radius 2 is 1.86 bits per heavy atom. The molecule has 0 aliphatic rings. The highest BCUT2D eigenvalue weighted by Gasteiger charge is 2.36. The first-order chi connectivity index (χ1) is 10.0. The summed E-state index contributed by atoms with van der Waals surface area (Å²) >= 11 is 0. The number of halogens is 4. The van der Waals surface area contributed by atoms with Gasteiger partial charge in [0.2, 0.25) is 0 Å². The number of alkyl halides is 3. The minimum atomic E-state index is -4.94. The molecule has 0 aliphatic carbocycles. The first-order valence-corrected chi connectivity index (χ1v) is 6.43. The smallest absolute Gasteiger partial charge is 0.419 e. The minimum Gasteiger partial charge on any atom is -0.480 e. The standard InChI is InChI=1S/C14H15F4NO3/c1-7(2)6-10(13(21)22)19-12(20)8-4-3-5-9(11(8)15)14(16,17)18/h3-5,7,10H,6H2,1-2H3,(H,19,20)(H,21,22). The maximum Gasteiger partial charge on any atom is 0.419 e. The maximum atomic E-state index is 13.8. The van der Waals surface area contributed by atoms with Gasteiger partial charge in [-0.05, 0) is 24.5 Å². The molecule has 0 fully saturated rings. The van der Waals surface area contributed by atoms with Crippen LogP contribution in [-0.2, 0) is 11.0 Å². The summed E-state index contributed by atoms with van der Waals surface area (Å²) in [6, 6.07) is 0.962. The molecule has 2 N–H and O–H groups in total. The van der Waals surface area contributed by atoms with Gasteiger partial charge in [-0.1, -0.05) is 19.9 Å². The van der Waals surface area contributed by atoms with Gasteiger partial charge < -0.3 is 10.4 Å². The summed E-state index contributed by atoms with van der Waals surface area (Å²) < 4.78 is 51.6. The van der Waals surface area contributed by atoms with Crippen LogP contribution in [-0.4, -0.2) is 23.0 Å². The Balaban J connectivity index is 3.06. The lowest BCUT2D eigenvalue weighted by atomic mass is 10.0. The lowest BCUT2D eigenvalue weighted by Crippen LogP contribution is -2.42. The molecule has 1 unspecified atom stereocenters. The molecule has 0 saturated carbocycles. The molecular formula is C14H15F4NO3. The number of amides is 1. The number of rotatable bonds is 5. The van der Waals surface area contributed by atoms with E-state index in [4.69, 9.17) is 5.11 Å². The van der Waals surface area contributed by atoms with E-state index in [1.54, 1.807) is 13.8 Å². The van der Waals surface area contributed by atoms with Crippen LogP contribution in [0.1, 0.15) is 36.2 Å². The summed E-state index contributed by atoms with van der Waals surface area (Å²) in [6.07, 6.45) is -4.87. The molecule has 1 atom stereocenters. The average Bonchev–Trinajstić information content (AvgIpc) is 2.35. The highest BCUT2D eigenvalue weighted by atomic mass is 19.4. The molecule has 0 heterocycles. The van der Waals surface area contributed by atoms with Gasteiger partial charge in [0.05, 0.1) is 11.1 Å². The van der Waals surface area contributed by atoms with Crippen molar-refractivity contribution < 1.29 is 32.3 Å². The fraction of sp³-hybridized carbons (Fsp3) is 0.429. The van der Waals surface area contributed by atoms with Gasteiger partial charge in [0.25, 0.3) is 5.91 Å². The molecule has 1 aromatic rings. The molecule has 22 heavy (non-hydrogen) atoms. The number of carboxylic acid groups (broad SMARTS) is 1. The Kier molecular flexibility index (Phi) is 5.51. The Hall–Kier alpha value is -2.12. The first-order valence-electron chi connectivity index (χ1n) is 6.43. The van der Waals surface area contributed by atoms with Crippen molar-refractivity contribution in [3.8, 4) is 0 Å². The molecule has 1 aromatic carbocycles. The highest BCUT2D eigenvalue weighted by molar-refractivity contribution is 5.97. The third-order valence-electron chi connectivity index (χ3n) is 2.86. The zero-order chi connectivity index (χ0) is 17.1. The molecule has 0 radical (unpaired) electrons. The quantitative estimate of drug-likeness (QED) is 0.819. The number of carbonyl (C=O) groups excluding carboxylic acids is 1. The van der Waals surface area contributed by atoms with Crippen molar-refractivity contribution in [3.63, 3.8) is 0 Å². The third kappa shape index (κ3) is 4.44. The summed E-state index contributed by atoms with van der Waals surface area (Å²) in [7, 11) is 0. The van der Waals surface area contributed by atoms with Gasteiger partial charge in [-0.3, -0.25) is 4.79 Å². The maximum absolute atomic E-state index is 13.8. The Morgan fingerprint density at radius 3 is 2.32 bits per heavy atom. The molecule has 1 amide bonds. The van der Waals surface area contributed by atoms with Crippen LogP contribution in [0.25, 0.3) is 0 Å². The first kappa shape index (κ1) is 17.9. The van der Waals surface area contributed by atoms with E-state index in [1.807, 2.05) is 5.32 Å². The van der Waals surface area contributed by atoms with E-state index in [1.165, 1.54) is 0 Å². The summed E-state index contributed by atoms with van der Waals surface area (Å²) in [4.78, 5) is 22.9. The van der Waals surface area contributed by atoms with E-state index in [0.29, 0.717) is 6.07 Å². The lowest BCUT2D eigenvalue weighted by Gasteiger charge is -2.17. The Bertz CT molecular complexity index is 570. The van der Waals surface area contributed by atoms with Crippen LogP contribution >= 0.6 is 0 Å². The number of hydrogen-bond acceptors (Lipinski definition) is 2. The van der Waals surface area contributed by atoms with Gasteiger partial charge in [0, 0.05) is 0 Å². The third-order valence-corrected chi connectivity index (χ3v) is 2.86. The van der Waals surface area contributed by atoms with Crippen molar-refractivity contribution >= 4 is 11.9 Å². The van der Waals surface area contributed by atoms with Gasteiger partial charge in [-0.15, -0.1) is 0 Å². The van der Waals surface area contributed by atoms with Crippen molar-refractivity contribution in [1.29, 1.82) is 0 Å². The second kappa shape index (κ2) is 6.76. The zero-order valence-electron chi connectivity index (χ0n) is 11.9. The average molecular weight is 321 g/mol. The fourth-order valence-corrected chi connectivity index (χ4v) is 1.86. The molecule has 1 rings (SSSR count). The minimum absolute atomic E-state index is 0.0711. The second-order valence-electron chi connectivity index (χ2n) is 5.16. The van der Waals surface area contributed by atoms with E-state index in [9.17, 15) is 27.2 Å². The molecule has 122 valence electrons. The molecule has 4 nitrogen and oxygen atoms in total. The van der Waals surface area contributed by atoms with Crippen molar-refractivity contribution in [2.75, 3.05) is 0 Å². The highest BCUT2D eigenvalue weighted by Crippen LogP contribution is 2.32. The number of hydrogen-bond donors (Lipinski definition) is 2. The van der Waals surface area contributed by atoms with Crippen LogP contribution in [0.15, 0.2) is 18.2 Å². The molecule has 0 aliphatic heterocycles. The van der Waals surface area contributed by atoms with Crippen molar-refractivity contribution in [2.45, 2.75) is 32.5 Å². The summed E-state index contributed by atoms with van der Waals surface area (Å²) in [6.45, 7) is 3.43. The van der Waals surface area contributed by atoms with E-state index in [-0.39, 0.29) is 12.3 Å². The lowest BCUT2D eigenvalue weighted by molar-refractivity contribution is -0.140. The van der Waals surface area contributed by atoms with Gasteiger partial charge in [0.1, 0.15) is 11.9 Å². The van der Waals surface area contributed by atoms with Crippen LogP contribution in [0, 0.1) is 11.7 Å². The summed E-state index contributed by atoms with van der Waals surface area (Å²) in [5.74, 6) is -4.33. The molecule has 0 bridgehead atoms. The predicted molar refractivity (Wildman–Crippen MR) is 69.7 cm³/mol. The van der Waals surface area contributed by atoms with Gasteiger partial charge in [0.15, 0.2) is 0 Å². The molecule has 8 heteroatoms. The van der Waals surface area contributed by atoms with Crippen LogP contribution in [0.2, 0.25) is 0 Å². The fourth-order valence-electron chi connectivity index (χ4n) is 1.86. The second-order valence-corrected chi connectivity index (χ2v) is 5.16. The van der Waals surface area contributed by atoms with Gasteiger partial charge in [-0.25, -0.2) is 9.18 Å². The Morgan fingerprint density at radius 1 is 1.27 bits per heavy atom. The van der Waals surface area contributed by atoms with Crippen molar-refractivity contribution in [2.24, 2.45) is 5.92 Å². The normalized spacial score (nSPS) is 13.0. The van der Waals surface area contributed by atoms with Crippen LogP contribution in [0.4, 0.5) is 17.6 Å². The zero-order valence-corrected chi connectivity index (χ0v) is 11.9. The molecule has 0 aromatic heterocycles. The number of carboxylic acids is 1. The summed E-state index contributed by atoms with van der Waals surface area (Å²) in [5.41, 5.74) is -2.42. The largest absolute Gasteiger partial charge is 0.480 e. The number of benzene rings is 1. The van der Waals surface area contributed by atoms with Gasteiger partial charge in [-0.2, -0.15) is 13.2 Å². The summed E-state index contributed by atoms with van der Waals surface area (Å²) in [5, 5.41) is 11.0. The van der Waals surface area contributed by atoms with E-state index >= 15 is 0 Å². The van der Waals surface area contributed by atoms with Crippen LogP contribution in [0.3, 0.4) is 0 Å². The van der Waals surface area contributed by atoms with E-state index < -0.39 is 41.0 Å². The van der Waals surface area contributed by atoms with E-state index in [2.05, 4.69) is 0 Å². The van der Waals surface area contributed by atoms with E-state index in [0.717, 1.165) is 12.1 Å². The van der Waals surface area contributed by atoms with Crippen LogP contribution < -0.4 is 5.32 Å². The molecular weight excluding hydrogens is 306 g/mol. The predicted octanol–water partition coefficient (Wildman–Crippen LogP) is 3.07. The van der Waals surface area contributed by atoms with Crippen molar-refractivity contribution in [1.82, 2.24) is 5.32 Å². The molecule has 0 saturated heterocycles. The number of aliphatic carboxylic acids is 1. The number of nitrogens with one attached hydrogen (secondary N) is 1. The Labute approximate surface area is 124 Å².